The van der Waals surface area contributed by atoms with E-state index in [-0.39, 0.29) is 12.2 Å². The summed E-state index contributed by atoms with van der Waals surface area (Å²) in [5, 5.41) is 8.76. The molecule has 84 valence electrons. The molecule has 0 aromatic heterocycles. The van der Waals surface area contributed by atoms with E-state index < -0.39 is 0 Å². The zero-order valence-electron chi connectivity index (χ0n) is 8.94. The molecule has 1 aliphatic heterocycles. The third kappa shape index (κ3) is 2.82. The average Bonchev–Trinajstić information content (AvgIpc) is 3.09. The fourth-order valence-corrected chi connectivity index (χ4v) is 2.13. The normalized spacial score (nSPS) is 20.2. The molecule has 2 atom stereocenters. The molecule has 0 spiro atoms. The molecule has 0 N–H and O–H groups in total. The molecule has 3 nitrogen and oxygen atoms in total. The Kier molecular flexibility index (Phi) is 3.59. The molecular weight excluding hydrogens is 270 g/mol. The summed E-state index contributed by atoms with van der Waals surface area (Å²) >= 11 is 3.45. The highest BCUT2D eigenvalue weighted by Gasteiger charge is 2.24. The average molecular weight is 282 g/mol. The van der Waals surface area contributed by atoms with Gasteiger partial charge >= 0.3 is 0 Å². The minimum Gasteiger partial charge on any atom is -0.371 e. The van der Waals surface area contributed by atoms with Crippen LogP contribution in [-0.4, -0.2) is 19.3 Å². The lowest BCUT2D eigenvalue weighted by molar-refractivity contribution is 0.0535. The lowest BCUT2D eigenvalue weighted by Gasteiger charge is -2.14. The van der Waals surface area contributed by atoms with Gasteiger partial charge in [0.1, 0.15) is 6.10 Å². The van der Waals surface area contributed by atoms with Crippen LogP contribution in [0.5, 0.6) is 0 Å². The van der Waals surface area contributed by atoms with E-state index in [2.05, 4.69) is 22.0 Å². The van der Waals surface area contributed by atoms with Crippen molar-refractivity contribution in [3.63, 3.8) is 0 Å². The molecule has 0 saturated carbocycles. The van der Waals surface area contributed by atoms with Crippen LogP contribution >= 0.6 is 15.9 Å². The zero-order valence-corrected chi connectivity index (χ0v) is 10.5. The van der Waals surface area contributed by atoms with Gasteiger partial charge in [-0.25, -0.2) is 0 Å². The van der Waals surface area contributed by atoms with Gasteiger partial charge in [-0.2, -0.15) is 5.26 Å². The van der Waals surface area contributed by atoms with E-state index in [4.69, 9.17) is 14.7 Å². The number of nitrogens with zero attached hydrogens (tertiary/aromatic N) is 1. The molecule has 1 saturated heterocycles. The smallest absolute Gasteiger partial charge is 0.104 e. The van der Waals surface area contributed by atoms with E-state index in [0.717, 1.165) is 16.6 Å². The van der Waals surface area contributed by atoms with Crippen LogP contribution in [0.4, 0.5) is 0 Å². The molecule has 1 aromatic carbocycles. The molecule has 2 rings (SSSR count). The van der Waals surface area contributed by atoms with Gasteiger partial charge in [0.25, 0.3) is 0 Å². The van der Waals surface area contributed by atoms with Crippen molar-refractivity contribution >= 4 is 15.9 Å². The molecule has 1 fully saturated rings. The minimum atomic E-state index is 0.00585. The Morgan fingerprint density at radius 2 is 2.44 bits per heavy atom. The second-order valence-electron chi connectivity index (χ2n) is 3.78. The maximum Gasteiger partial charge on any atom is 0.104 e. The molecule has 16 heavy (non-hydrogen) atoms. The van der Waals surface area contributed by atoms with Crippen molar-refractivity contribution in [3.8, 4) is 6.07 Å². The minimum absolute atomic E-state index is 0.00585. The van der Waals surface area contributed by atoms with E-state index in [1.54, 1.807) is 6.07 Å². The predicted octanol–water partition coefficient (Wildman–Crippen LogP) is 2.80. The van der Waals surface area contributed by atoms with Gasteiger partial charge in [0.2, 0.25) is 0 Å². The maximum atomic E-state index is 8.76. The van der Waals surface area contributed by atoms with Gasteiger partial charge in [-0.05, 0) is 24.6 Å². The summed E-state index contributed by atoms with van der Waals surface area (Å²) in [7, 11) is 0. The Bertz CT molecular complexity index is 424. The summed E-state index contributed by atoms with van der Waals surface area (Å²) in [5.74, 6) is 0. The third-order valence-corrected chi connectivity index (χ3v) is 3.19. The number of halogens is 1. The SMILES string of the molecule is C[C@@H](OCC1CO1)c1ccc(C#N)cc1Br. The molecule has 1 unspecified atom stereocenters. The van der Waals surface area contributed by atoms with Gasteiger partial charge in [0.05, 0.1) is 31.0 Å². The molecule has 1 aliphatic rings. The van der Waals surface area contributed by atoms with Crippen molar-refractivity contribution in [3.05, 3.63) is 33.8 Å². The quantitative estimate of drug-likeness (QED) is 0.798. The van der Waals surface area contributed by atoms with Crippen molar-refractivity contribution in [2.45, 2.75) is 19.1 Å². The van der Waals surface area contributed by atoms with E-state index in [1.165, 1.54) is 0 Å². The number of ether oxygens (including phenoxy) is 2. The van der Waals surface area contributed by atoms with Crippen molar-refractivity contribution in [1.82, 2.24) is 0 Å². The monoisotopic (exact) mass is 281 g/mol. The standard InChI is InChI=1S/C12H12BrNO2/c1-8(15-6-10-7-16-10)11-3-2-9(5-14)4-12(11)13/h2-4,8,10H,6-7H2,1H3/t8-,10?/m1/s1. The summed E-state index contributed by atoms with van der Waals surface area (Å²) < 4.78 is 11.7. The third-order valence-electron chi connectivity index (χ3n) is 2.50. The van der Waals surface area contributed by atoms with Gasteiger partial charge in [-0.15, -0.1) is 0 Å². The Labute approximate surface area is 103 Å². The van der Waals surface area contributed by atoms with Gasteiger partial charge in [0.15, 0.2) is 0 Å². The zero-order chi connectivity index (χ0) is 11.5. The van der Waals surface area contributed by atoms with Crippen LogP contribution in [0.15, 0.2) is 22.7 Å². The number of hydrogen-bond acceptors (Lipinski definition) is 3. The summed E-state index contributed by atoms with van der Waals surface area (Å²) in [5.41, 5.74) is 1.70. The first-order valence-electron chi connectivity index (χ1n) is 5.13. The fraction of sp³-hybridized carbons (Fsp3) is 0.417. The van der Waals surface area contributed by atoms with Crippen LogP contribution in [0, 0.1) is 11.3 Å². The highest BCUT2D eigenvalue weighted by molar-refractivity contribution is 9.10. The lowest BCUT2D eigenvalue weighted by atomic mass is 10.1. The van der Waals surface area contributed by atoms with Crippen LogP contribution in [0.1, 0.15) is 24.2 Å². The Morgan fingerprint density at radius 3 is 3.00 bits per heavy atom. The summed E-state index contributed by atoms with van der Waals surface area (Å²) in [6.45, 7) is 3.43. The number of nitriles is 1. The highest BCUT2D eigenvalue weighted by atomic mass is 79.9. The molecule has 0 aliphatic carbocycles. The van der Waals surface area contributed by atoms with Crippen molar-refractivity contribution in [1.29, 1.82) is 5.26 Å². The molecular formula is C12H12BrNO2. The first-order valence-corrected chi connectivity index (χ1v) is 5.92. The molecule has 4 heteroatoms. The molecule has 0 radical (unpaired) electrons. The summed E-state index contributed by atoms with van der Waals surface area (Å²) in [6.07, 6.45) is 0.283. The topological polar surface area (TPSA) is 45.5 Å². The van der Waals surface area contributed by atoms with Crippen LogP contribution in [-0.2, 0) is 9.47 Å². The first kappa shape index (κ1) is 11.6. The number of rotatable bonds is 4. The largest absolute Gasteiger partial charge is 0.371 e. The fourth-order valence-electron chi connectivity index (χ4n) is 1.43. The number of hydrogen-bond donors (Lipinski definition) is 0. The highest BCUT2D eigenvalue weighted by Crippen LogP contribution is 2.27. The second-order valence-corrected chi connectivity index (χ2v) is 4.63. The van der Waals surface area contributed by atoms with E-state index in [0.29, 0.717) is 12.2 Å². The van der Waals surface area contributed by atoms with E-state index >= 15 is 0 Å². The molecule has 0 amide bonds. The van der Waals surface area contributed by atoms with Crippen molar-refractivity contribution < 1.29 is 9.47 Å². The number of benzene rings is 1. The Balaban J connectivity index is 2.03. The van der Waals surface area contributed by atoms with E-state index in [9.17, 15) is 0 Å². The van der Waals surface area contributed by atoms with Crippen LogP contribution in [0.2, 0.25) is 0 Å². The summed E-state index contributed by atoms with van der Waals surface area (Å²) in [6, 6.07) is 7.63. The van der Waals surface area contributed by atoms with Crippen molar-refractivity contribution in [2.75, 3.05) is 13.2 Å². The van der Waals surface area contributed by atoms with Crippen LogP contribution in [0.25, 0.3) is 0 Å². The van der Waals surface area contributed by atoms with Gasteiger partial charge in [-0.3, -0.25) is 0 Å². The van der Waals surface area contributed by atoms with Crippen molar-refractivity contribution in [2.24, 2.45) is 0 Å². The van der Waals surface area contributed by atoms with E-state index in [1.807, 2.05) is 19.1 Å². The van der Waals surface area contributed by atoms with Gasteiger partial charge in [0, 0.05) is 4.47 Å². The second kappa shape index (κ2) is 4.96. The van der Waals surface area contributed by atoms with Crippen LogP contribution in [0.3, 0.4) is 0 Å². The Morgan fingerprint density at radius 1 is 1.69 bits per heavy atom. The van der Waals surface area contributed by atoms with Gasteiger partial charge in [-0.1, -0.05) is 22.0 Å². The molecule has 1 aromatic rings. The Hall–Kier alpha value is -0.890. The van der Waals surface area contributed by atoms with Crippen LogP contribution < -0.4 is 0 Å². The first-order chi connectivity index (χ1) is 7.70. The molecule has 1 heterocycles. The predicted molar refractivity (Wildman–Crippen MR) is 63.0 cm³/mol. The lowest BCUT2D eigenvalue weighted by Crippen LogP contribution is -2.06. The maximum absolute atomic E-state index is 8.76. The number of epoxide rings is 1. The summed E-state index contributed by atoms with van der Waals surface area (Å²) in [4.78, 5) is 0. The molecule has 0 bridgehead atoms. The van der Waals surface area contributed by atoms with Gasteiger partial charge < -0.3 is 9.47 Å².